The maximum atomic E-state index is 12.4. The van der Waals surface area contributed by atoms with Crippen LogP contribution in [-0.2, 0) is 14.2 Å². The highest BCUT2D eigenvalue weighted by molar-refractivity contribution is 5.92. The van der Waals surface area contributed by atoms with E-state index in [9.17, 15) is 4.79 Å². The summed E-state index contributed by atoms with van der Waals surface area (Å²) in [5.41, 5.74) is 2.03. The van der Waals surface area contributed by atoms with Gasteiger partial charge in [-0.3, -0.25) is 0 Å². The Morgan fingerprint density at radius 2 is 1.89 bits per heavy atom. The molecule has 198 valence electrons. The number of ether oxygens (including phenoxy) is 4. The lowest BCUT2D eigenvalue weighted by molar-refractivity contribution is -0.316. The van der Waals surface area contributed by atoms with Crippen LogP contribution in [0, 0.1) is 28.6 Å². The Balaban J connectivity index is 1.27. The van der Waals surface area contributed by atoms with Crippen molar-refractivity contribution < 1.29 is 23.7 Å². The number of para-hydroxylation sites is 1. The average Bonchev–Trinajstić information content (AvgIpc) is 3.40. The molecule has 1 saturated heterocycles. The Bertz CT molecular complexity index is 952. The van der Waals surface area contributed by atoms with Gasteiger partial charge in [-0.1, -0.05) is 51.0 Å². The second-order valence-electron chi connectivity index (χ2n) is 12.1. The zero-order valence-electron chi connectivity index (χ0n) is 22.4. The van der Waals surface area contributed by atoms with Crippen LogP contribution in [0.25, 0.3) is 0 Å². The monoisotopic (exact) mass is 496 g/mol. The van der Waals surface area contributed by atoms with Crippen LogP contribution in [0.2, 0.25) is 0 Å². The van der Waals surface area contributed by atoms with Gasteiger partial charge in [0.25, 0.3) is 0 Å². The van der Waals surface area contributed by atoms with E-state index in [-0.39, 0.29) is 29.2 Å². The molecule has 5 rings (SSSR count). The van der Waals surface area contributed by atoms with Crippen LogP contribution in [0.5, 0.6) is 5.75 Å². The highest BCUT2D eigenvalue weighted by atomic mass is 16.7. The minimum Gasteiger partial charge on any atom is -0.493 e. The second kappa shape index (κ2) is 10.5. The van der Waals surface area contributed by atoms with Crippen molar-refractivity contribution in [2.45, 2.75) is 91.0 Å². The molecule has 1 aliphatic heterocycles. The predicted molar refractivity (Wildman–Crippen MR) is 140 cm³/mol. The standard InChI is InChI=1S/C31H44O5/c1-5-33-28(32)23-12-8-9-13-25(23)34-19-17-24-21(2)14-15-26-30(24,3)18-16-27-31(26,4)20-35-29(36-27)22-10-6-7-11-22/h8-9,12-13,22,24,26-27,29H,2,5-7,10-11,14-20H2,1,3-4H3/t24-,26?,27-,29-,30+,31+/m1/s1. The Morgan fingerprint density at radius 1 is 1.11 bits per heavy atom. The number of allylic oxidation sites excluding steroid dienone is 1. The van der Waals surface area contributed by atoms with Crippen molar-refractivity contribution in [3.8, 4) is 5.75 Å². The van der Waals surface area contributed by atoms with E-state index in [1.54, 1.807) is 6.07 Å². The van der Waals surface area contributed by atoms with Gasteiger partial charge >= 0.3 is 5.97 Å². The van der Waals surface area contributed by atoms with E-state index >= 15 is 0 Å². The van der Waals surface area contributed by atoms with Gasteiger partial charge in [0.1, 0.15) is 11.3 Å². The molecule has 0 aromatic heterocycles. The normalized spacial score (nSPS) is 36.7. The molecule has 5 heteroatoms. The first-order chi connectivity index (χ1) is 17.4. The average molecular weight is 497 g/mol. The molecule has 4 fully saturated rings. The summed E-state index contributed by atoms with van der Waals surface area (Å²) in [6, 6.07) is 7.38. The maximum Gasteiger partial charge on any atom is 0.341 e. The van der Waals surface area contributed by atoms with E-state index < -0.39 is 0 Å². The van der Waals surface area contributed by atoms with Crippen LogP contribution in [-0.4, -0.2) is 38.2 Å². The van der Waals surface area contributed by atoms with Crippen LogP contribution < -0.4 is 4.74 Å². The molecule has 1 aromatic rings. The van der Waals surface area contributed by atoms with Crippen molar-refractivity contribution in [2.75, 3.05) is 19.8 Å². The predicted octanol–water partition coefficient (Wildman–Crippen LogP) is 6.95. The molecule has 4 aliphatic rings. The number of carbonyl (C=O) groups excluding carboxylic acids is 1. The number of carbonyl (C=O) groups is 1. The topological polar surface area (TPSA) is 54.0 Å². The summed E-state index contributed by atoms with van der Waals surface area (Å²) < 4.78 is 24.6. The molecule has 1 aromatic carbocycles. The quantitative estimate of drug-likeness (QED) is 0.302. The van der Waals surface area contributed by atoms with Gasteiger partial charge in [0.2, 0.25) is 0 Å². The van der Waals surface area contributed by atoms with Crippen molar-refractivity contribution >= 4 is 5.97 Å². The van der Waals surface area contributed by atoms with Crippen molar-refractivity contribution in [1.82, 2.24) is 0 Å². The fraction of sp³-hybridized carbons (Fsp3) is 0.710. The van der Waals surface area contributed by atoms with E-state index in [0.717, 1.165) is 38.7 Å². The third kappa shape index (κ3) is 4.62. The third-order valence-corrected chi connectivity index (χ3v) is 10.0. The molecular formula is C31H44O5. The van der Waals surface area contributed by atoms with Crippen LogP contribution in [0.1, 0.15) is 88.9 Å². The van der Waals surface area contributed by atoms with Gasteiger partial charge in [-0.2, -0.15) is 0 Å². The second-order valence-corrected chi connectivity index (χ2v) is 12.1. The SMILES string of the molecule is C=C1CCC2[C@]3(C)CO[C@@H](C4CCCC4)O[C@@H]3CC[C@@]2(C)[C@@H]1CCOc1ccccc1C(=O)OCC. The van der Waals surface area contributed by atoms with Crippen LogP contribution >= 0.6 is 0 Å². The molecular weight excluding hydrogens is 452 g/mol. The largest absolute Gasteiger partial charge is 0.493 e. The van der Waals surface area contributed by atoms with Gasteiger partial charge in [-0.15, -0.1) is 0 Å². The number of esters is 1. The minimum atomic E-state index is -0.332. The van der Waals surface area contributed by atoms with Crippen LogP contribution in [0.4, 0.5) is 0 Å². The summed E-state index contributed by atoms with van der Waals surface area (Å²) in [6.07, 6.45) is 10.8. The number of hydrogen-bond donors (Lipinski definition) is 0. The molecule has 36 heavy (non-hydrogen) atoms. The summed E-state index contributed by atoms with van der Waals surface area (Å²) in [6.45, 7) is 13.0. The Morgan fingerprint density at radius 3 is 2.67 bits per heavy atom. The fourth-order valence-electron chi connectivity index (χ4n) is 8.12. The Labute approximate surface area is 216 Å². The first kappa shape index (κ1) is 25.8. The Kier molecular flexibility index (Phi) is 7.51. The molecule has 1 heterocycles. The first-order valence-corrected chi connectivity index (χ1v) is 14.2. The molecule has 0 radical (unpaired) electrons. The van der Waals surface area contributed by atoms with Crippen LogP contribution in [0.3, 0.4) is 0 Å². The van der Waals surface area contributed by atoms with Gasteiger partial charge in [-0.05, 0) is 81.3 Å². The molecule has 3 aliphatic carbocycles. The summed E-state index contributed by atoms with van der Waals surface area (Å²) in [7, 11) is 0. The smallest absolute Gasteiger partial charge is 0.341 e. The van der Waals surface area contributed by atoms with Crippen molar-refractivity contribution in [3.63, 3.8) is 0 Å². The van der Waals surface area contributed by atoms with Gasteiger partial charge in [0.05, 0.1) is 25.9 Å². The van der Waals surface area contributed by atoms with Gasteiger partial charge in [-0.25, -0.2) is 4.79 Å². The molecule has 6 atom stereocenters. The van der Waals surface area contributed by atoms with Gasteiger partial charge in [0.15, 0.2) is 6.29 Å². The highest BCUT2D eigenvalue weighted by Crippen LogP contribution is 2.63. The maximum absolute atomic E-state index is 12.4. The Hall–Kier alpha value is -1.85. The lowest BCUT2D eigenvalue weighted by atomic mass is 9.46. The zero-order valence-corrected chi connectivity index (χ0v) is 22.4. The highest BCUT2D eigenvalue weighted by Gasteiger charge is 2.60. The van der Waals surface area contributed by atoms with Gasteiger partial charge in [0, 0.05) is 11.3 Å². The van der Waals surface area contributed by atoms with Gasteiger partial charge < -0.3 is 18.9 Å². The third-order valence-electron chi connectivity index (χ3n) is 10.0. The lowest BCUT2D eigenvalue weighted by Gasteiger charge is -2.63. The molecule has 0 spiro atoms. The minimum absolute atomic E-state index is 0.00264. The summed E-state index contributed by atoms with van der Waals surface area (Å²) >= 11 is 0. The number of fused-ring (bicyclic) bond motifs is 3. The van der Waals surface area contributed by atoms with E-state index in [1.807, 2.05) is 25.1 Å². The van der Waals surface area contributed by atoms with Crippen molar-refractivity contribution in [2.24, 2.45) is 28.6 Å². The molecule has 0 amide bonds. The van der Waals surface area contributed by atoms with E-state index in [1.165, 1.54) is 31.3 Å². The number of rotatable bonds is 7. The zero-order chi connectivity index (χ0) is 25.3. The molecule has 1 unspecified atom stereocenters. The van der Waals surface area contributed by atoms with Crippen molar-refractivity contribution in [3.05, 3.63) is 42.0 Å². The van der Waals surface area contributed by atoms with Crippen LogP contribution in [0.15, 0.2) is 36.4 Å². The number of hydrogen-bond acceptors (Lipinski definition) is 5. The van der Waals surface area contributed by atoms with Crippen molar-refractivity contribution in [1.29, 1.82) is 0 Å². The van der Waals surface area contributed by atoms with E-state index in [0.29, 0.717) is 42.3 Å². The lowest BCUT2D eigenvalue weighted by Crippen LogP contribution is -2.62. The summed E-state index contributed by atoms with van der Waals surface area (Å²) in [4.78, 5) is 12.4. The number of benzene rings is 1. The first-order valence-electron chi connectivity index (χ1n) is 14.2. The molecule has 5 nitrogen and oxygen atoms in total. The summed E-state index contributed by atoms with van der Waals surface area (Å²) in [5, 5.41) is 0. The fourth-order valence-corrected chi connectivity index (χ4v) is 8.12. The summed E-state index contributed by atoms with van der Waals surface area (Å²) in [5.74, 6) is 1.77. The molecule has 3 saturated carbocycles. The molecule has 0 N–H and O–H groups in total. The van der Waals surface area contributed by atoms with E-state index in [4.69, 9.17) is 18.9 Å². The van der Waals surface area contributed by atoms with E-state index in [2.05, 4.69) is 20.4 Å². The molecule has 0 bridgehead atoms.